The molecular weight excluding hydrogens is 276 g/mol. The Hall–Kier alpha value is -1.55. The molecule has 0 aliphatic carbocycles. The van der Waals surface area contributed by atoms with E-state index in [1.165, 1.54) is 0 Å². The second kappa shape index (κ2) is 5.09. The monoisotopic (exact) mass is 292 g/mol. The standard InChI is InChI=1S/C15H17ClN2O2/c1-10-5-6-11(16)13(8-10)18-9-14(19)17-7-3-2-4-12(17)15(18)20/h5-6,8,12H,2-4,7,9H2,1H3. The maximum absolute atomic E-state index is 12.6. The van der Waals surface area contributed by atoms with Gasteiger partial charge in [-0.15, -0.1) is 0 Å². The third-order valence-corrected chi connectivity index (χ3v) is 4.38. The molecule has 5 heteroatoms. The zero-order valence-electron chi connectivity index (χ0n) is 11.4. The summed E-state index contributed by atoms with van der Waals surface area (Å²) >= 11 is 6.20. The number of hydrogen-bond acceptors (Lipinski definition) is 2. The molecule has 1 aromatic carbocycles. The summed E-state index contributed by atoms with van der Waals surface area (Å²) in [5, 5.41) is 0.515. The van der Waals surface area contributed by atoms with Crippen molar-refractivity contribution in [3.63, 3.8) is 0 Å². The van der Waals surface area contributed by atoms with E-state index < -0.39 is 0 Å². The Labute approximate surface area is 123 Å². The van der Waals surface area contributed by atoms with Crippen LogP contribution in [0, 0.1) is 6.92 Å². The first kappa shape index (κ1) is 13.4. The van der Waals surface area contributed by atoms with Crippen molar-refractivity contribution in [2.75, 3.05) is 18.0 Å². The number of hydrogen-bond donors (Lipinski definition) is 0. The lowest BCUT2D eigenvalue weighted by atomic mass is 9.98. The number of benzene rings is 1. The molecule has 0 N–H and O–H groups in total. The number of piperazine rings is 1. The average molecular weight is 293 g/mol. The smallest absolute Gasteiger partial charge is 0.250 e. The van der Waals surface area contributed by atoms with E-state index in [1.54, 1.807) is 15.9 Å². The molecule has 0 saturated carbocycles. The molecule has 1 aromatic rings. The predicted octanol–water partition coefficient (Wildman–Crippen LogP) is 2.38. The highest BCUT2D eigenvalue weighted by molar-refractivity contribution is 6.34. The van der Waals surface area contributed by atoms with E-state index in [0.717, 1.165) is 24.8 Å². The largest absolute Gasteiger partial charge is 0.329 e. The summed E-state index contributed by atoms with van der Waals surface area (Å²) in [5.74, 6) is 0.0173. The number of halogens is 1. The average Bonchev–Trinajstić information content (AvgIpc) is 2.46. The molecule has 1 unspecified atom stereocenters. The molecule has 0 radical (unpaired) electrons. The lowest BCUT2D eigenvalue weighted by molar-refractivity contribution is -0.144. The fourth-order valence-corrected chi connectivity index (χ4v) is 3.22. The van der Waals surface area contributed by atoms with Crippen LogP contribution >= 0.6 is 11.6 Å². The van der Waals surface area contributed by atoms with E-state index in [-0.39, 0.29) is 24.4 Å². The zero-order valence-corrected chi connectivity index (χ0v) is 12.2. The summed E-state index contributed by atoms with van der Waals surface area (Å²) in [5.41, 5.74) is 1.67. The van der Waals surface area contributed by atoms with Crippen molar-refractivity contribution in [1.82, 2.24) is 4.90 Å². The van der Waals surface area contributed by atoms with Gasteiger partial charge >= 0.3 is 0 Å². The lowest BCUT2D eigenvalue weighted by Gasteiger charge is -2.42. The van der Waals surface area contributed by atoms with Gasteiger partial charge < -0.3 is 4.90 Å². The van der Waals surface area contributed by atoms with Crippen LogP contribution < -0.4 is 4.90 Å². The van der Waals surface area contributed by atoms with E-state index in [1.807, 2.05) is 19.1 Å². The van der Waals surface area contributed by atoms with Crippen molar-refractivity contribution in [2.24, 2.45) is 0 Å². The number of aryl methyl sites for hydroxylation is 1. The van der Waals surface area contributed by atoms with Crippen molar-refractivity contribution in [2.45, 2.75) is 32.2 Å². The summed E-state index contributed by atoms with van der Waals surface area (Å²) in [7, 11) is 0. The minimum Gasteiger partial charge on any atom is -0.329 e. The predicted molar refractivity (Wildman–Crippen MR) is 77.9 cm³/mol. The van der Waals surface area contributed by atoms with Crippen molar-refractivity contribution < 1.29 is 9.59 Å². The van der Waals surface area contributed by atoms with Gasteiger partial charge in [-0.25, -0.2) is 0 Å². The second-order valence-corrected chi connectivity index (χ2v) is 5.89. The van der Waals surface area contributed by atoms with Gasteiger partial charge in [-0.1, -0.05) is 17.7 Å². The van der Waals surface area contributed by atoms with Gasteiger partial charge in [0.1, 0.15) is 12.6 Å². The van der Waals surface area contributed by atoms with Gasteiger partial charge in [-0.05, 0) is 43.9 Å². The highest BCUT2D eigenvalue weighted by atomic mass is 35.5. The fourth-order valence-electron chi connectivity index (χ4n) is 3.00. The number of fused-ring (bicyclic) bond motifs is 1. The highest BCUT2D eigenvalue weighted by Gasteiger charge is 2.41. The Morgan fingerprint density at radius 3 is 2.85 bits per heavy atom. The Morgan fingerprint density at radius 2 is 2.05 bits per heavy atom. The molecule has 20 heavy (non-hydrogen) atoms. The fraction of sp³-hybridized carbons (Fsp3) is 0.467. The quantitative estimate of drug-likeness (QED) is 0.797. The van der Waals surface area contributed by atoms with Crippen molar-refractivity contribution in [3.8, 4) is 0 Å². The van der Waals surface area contributed by atoms with Crippen LogP contribution in [-0.2, 0) is 9.59 Å². The first-order valence-electron chi connectivity index (χ1n) is 6.95. The molecule has 0 bridgehead atoms. The van der Waals surface area contributed by atoms with Crippen LogP contribution in [0.25, 0.3) is 0 Å². The molecule has 106 valence electrons. The van der Waals surface area contributed by atoms with Crippen LogP contribution in [0.15, 0.2) is 18.2 Å². The van der Waals surface area contributed by atoms with Gasteiger partial charge in [0.05, 0.1) is 10.7 Å². The van der Waals surface area contributed by atoms with E-state index in [4.69, 9.17) is 11.6 Å². The molecule has 2 aliphatic heterocycles. The van der Waals surface area contributed by atoms with Crippen LogP contribution in [0.5, 0.6) is 0 Å². The number of carbonyl (C=O) groups excluding carboxylic acids is 2. The molecule has 3 rings (SSSR count). The lowest BCUT2D eigenvalue weighted by Crippen LogP contribution is -2.61. The zero-order chi connectivity index (χ0) is 14.3. The van der Waals surface area contributed by atoms with Gasteiger partial charge in [-0.2, -0.15) is 0 Å². The molecule has 0 aromatic heterocycles. The van der Waals surface area contributed by atoms with Crippen LogP contribution in [-0.4, -0.2) is 35.8 Å². The van der Waals surface area contributed by atoms with E-state index in [2.05, 4.69) is 0 Å². The number of carbonyl (C=O) groups is 2. The topological polar surface area (TPSA) is 40.6 Å². The summed E-state index contributed by atoms with van der Waals surface area (Å²) in [4.78, 5) is 28.2. The maximum atomic E-state index is 12.6. The molecule has 0 spiro atoms. The molecule has 2 amide bonds. The number of piperidine rings is 1. The van der Waals surface area contributed by atoms with Crippen molar-refractivity contribution >= 4 is 29.1 Å². The molecule has 2 heterocycles. The SMILES string of the molecule is Cc1ccc(Cl)c(N2CC(=O)N3CCCCC3C2=O)c1. The molecular formula is C15H17ClN2O2. The molecule has 2 saturated heterocycles. The van der Waals surface area contributed by atoms with E-state index >= 15 is 0 Å². The van der Waals surface area contributed by atoms with Crippen molar-refractivity contribution in [1.29, 1.82) is 0 Å². The minimum atomic E-state index is -0.304. The summed E-state index contributed by atoms with van der Waals surface area (Å²) < 4.78 is 0. The van der Waals surface area contributed by atoms with Gasteiger partial charge in [0.25, 0.3) is 0 Å². The summed E-state index contributed by atoms with van der Waals surface area (Å²) in [6, 6.07) is 5.24. The summed E-state index contributed by atoms with van der Waals surface area (Å²) in [6.45, 7) is 2.74. The first-order valence-corrected chi connectivity index (χ1v) is 7.33. The van der Waals surface area contributed by atoms with Crippen LogP contribution in [0.3, 0.4) is 0 Å². The van der Waals surface area contributed by atoms with Gasteiger partial charge in [-0.3, -0.25) is 14.5 Å². The molecule has 1 atom stereocenters. The van der Waals surface area contributed by atoms with Crippen LogP contribution in [0.4, 0.5) is 5.69 Å². The maximum Gasteiger partial charge on any atom is 0.250 e. The summed E-state index contributed by atoms with van der Waals surface area (Å²) in [6.07, 6.45) is 2.74. The van der Waals surface area contributed by atoms with Crippen LogP contribution in [0.1, 0.15) is 24.8 Å². The van der Waals surface area contributed by atoms with Gasteiger partial charge in [0, 0.05) is 6.54 Å². The molecule has 2 aliphatic rings. The Balaban J connectivity index is 1.96. The van der Waals surface area contributed by atoms with E-state index in [0.29, 0.717) is 17.3 Å². The third-order valence-electron chi connectivity index (χ3n) is 4.06. The van der Waals surface area contributed by atoms with Gasteiger partial charge in [0.2, 0.25) is 11.8 Å². The highest BCUT2D eigenvalue weighted by Crippen LogP contribution is 2.32. The Bertz CT molecular complexity index is 573. The second-order valence-electron chi connectivity index (χ2n) is 5.48. The molecule has 4 nitrogen and oxygen atoms in total. The number of nitrogens with zero attached hydrogens (tertiary/aromatic N) is 2. The number of anilines is 1. The number of amides is 2. The Kier molecular flexibility index (Phi) is 3.42. The van der Waals surface area contributed by atoms with Gasteiger partial charge in [0.15, 0.2) is 0 Å². The van der Waals surface area contributed by atoms with Crippen LogP contribution in [0.2, 0.25) is 5.02 Å². The third kappa shape index (κ3) is 2.18. The molecule has 2 fully saturated rings. The number of rotatable bonds is 1. The minimum absolute atomic E-state index is 0.00296. The van der Waals surface area contributed by atoms with Crippen molar-refractivity contribution in [3.05, 3.63) is 28.8 Å². The first-order chi connectivity index (χ1) is 9.58. The van der Waals surface area contributed by atoms with E-state index in [9.17, 15) is 9.59 Å². The normalized spacial score (nSPS) is 23.0. The Morgan fingerprint density at radius 1 is 1.25 bits per heavy atom.